The van der Waals surface area contributed by atoms with Crippen LogP contribution < -0.4 is 0 Å². The molecule has 1 unspecified atom stereocenters. The van der Waals surface area contributed by atoms with Crippen LogP contribution in [0.1, 0.15) is 124 Å². The van der Waals surface area contributed by atoms with Crippen molar-refractivity contribution >= 4 is 17.9 Å². The standard InChI is InChI=1S/C25H46O6/c1-4-7-9-11-12-14-16-19-24(27)30-21-22(31-25(28)17-6-3)20-29-23(26)18-15-13-10-8-5-2/h22H,4-21H2,1-3H3. The SMILES string of the molecule is CCCCCCCCCC(=O)OCC(COC(=O)CCCCCCC)OC(=O)CCC. The lowest BCUT2D eigenvalue weighted by Gasteiger charge is -2.18. The highest BCUT2D eigenvalue weighted by Crippen LogP contribution is 2.10. The molecule has 0 amide bonds. The van der Waals surface area contributed by atoms with Gasteiger partial charge in [0.2, 0.25) is 0 Å². The number of carbonyl (C=O) groups excluding carboxylic acids is 3. The number of ether oxygens (including phenoxy) is 3. The quantitative estimate of drug-likeness (QED) is 0.118. The van der Waals surface area contributed by atoms with Crippen LogP contribution in [0.25, 0.3) is 0 Å². The van der Waals surface area contributed by atoms with E-state index < -0.39 is 6.10 Å². The van der Waals surface area contributed by atoms with Gasteiger partial charge in [0.15, 0.2) is 6.10 Å². The number of rotatable bonds is 21. The number of esters is 3. The van der Waals surface area contributed by atoms with Crippen molar-refractivity contribution in [3.63, 3.8) is 0 Å². The first-order chi connectivity index (χ1) is 15.0. The van der Waals surface area contributed by atoms with Gasteiger partial charge in [-0.2, -0.15) is 0 Å². The molecule has 182 valence electrons. The Morgan fingerprint density at radius 2 is 0.935 bits per heavy atom. The molecule has 0 saturated carbocycles. The third-order valence-corrected chi connectivity index (χ3v) is 5.08. The first kappa shape index (κ1) is 29.4. The molecular weight excluding hydrogens is 396 g/mol. The summed E-state index contributed by atoms with van der Waals surface area (Å²) in [6, 6.07) is 0. The van der Waals surface area contributed by atoms with Crippen LogP contribution in [0.5, 0.6) is 0 Å². The third kappa shape index (κ3) is 20.1. The minimum absolute atomic E-state index is 0.0748. The molecule has 0 spiro atoms. The molecule has 0 aliphatic carbocycles. The van der Waals surface area contributed by atoms with Crippen LogP contribution in [-0.2, 0) is 28.6 Å². The van der Waals surface area contributed by atoms with Crippen LogP contribution in [0.4, 0.5) is 0 Å². The van der Waals surface area contributed by atoms with E-state index >= 15 is 0 Å². The maximum atomic E-state index is 12.0. The Morgan fingerprint density at radius 1 is 0.516 bits per heavy atom. The van der Waals surface area contributed by atoms with Crippen molar-refractivity contribution in [2.24, 2.45) is 0 Å². The van der Waals surface area contributed by atoms with E-state index in [4.69, 9.17) is 14.2 Å². The molecule has 0 rings (SSSR count). The molecule has 0 saturated heterocycles. The predicted molar refractivity (Wildman–Crippen MR) is 123 cm³/mol. The molecule has 0 aromatic rings. The van der Waals surface area contributed by atoms with E-state index in [0.717, 1.165) is 44.9 Å². The molecule has 0 fully saturated rings. The minimum atomic E-state index is -0.749. The van der Waals surface area contributed by atoms with Gasteiger partial charge in [0.1, 0.15) is 13.2 Å². The Labute approximate surface area is 189 Å². The van der Waals surface area contributed by atoms with Crippen LogP contribution in [0.3, 0.4) is 0 Å². The fourth-order valence-corrected chi connectivity index (χ4v) is 3.18. The fourth-order valence-electron chi connectivity index (χ4n) is 3.18. The maximum Gasteiger partial charge on any atom is 0.306 e. The molecule has 6 nitrogen and oxygen atoms in total. The zero-order valence-corrected chi connectivity index (χ0v) is 20.3. The molecule has 0 aliphatic heterocycles. The topological polar surface area (TPSA) is 78.9 Å². The van der Waals surface area contributed by atoms with Gasteiger partial charge >= 0.3 is 17.9 Å². The van der Waals surface area contributed by atoms with Crippen molar-refractivity contribution in [2.75, 3.05) is 13.2 Å². The Kier molecular flexibility index (Phi) is 20.5. The van der Waals surface area contributed by atoms with Crippen molar-refractivity contribution in [1.82, 2.24) is 0 Å². The van der Waals surface area contributed by atoms with Gasteiger partial charge < -0.3 is 14.2 Å². The van der Waals surface area contributed by atoms with Gasteiger partial charge in [-0.15, -0.1) is 0 Å². The smallest absolute Gasteiger partial charge is 0.306 e. The highest BCUT2D eigenvalue weighted by atomic mass is 16.6. The fraction of sp³-hybridized carbons (Fsp3) is 0.880. The third-order valence-electron chi connectivity index (χ3n) is 5.08. The number of carbonyl (C=O) groups is 3. The lowest BCUT2D eigenvalue weighted by atomic mass is 10.1. The minimum Gasteiger partial charge on any atom is -0.462 e. The van der Waals surface area contributed by atoms with E-state index in [1.54, 1.807) is 0 Å². The average Bonchev–Trinajstić information content (AvgIpc) is 2.75. The predicted octanol–water partition coefficient (Wildman–Crippen LogP) is 6.29. The molecule has 0 aliphatic rings. The van der Waals surface area contributed by atoms with E-state index in [9.17, 15) is 14.4 Å². The van der Waals surface area contributed by atoms with Crippen LogP contribution in [0, 0.1) is 0 Å². The second kappa shape index (κ2) is 21.6. The zero-order chi connectivity index (χ0) is 23.2. The number of hydrogen-bond acceptors (Lipinski definition) is 6. The van der Waals surface area contributed by atoms with Gasteiger partial charge in [0, 0.05) is 19.3 Å². The lowest BCUT2D eigenvalue weighted by Crippen LogP contribution is -2.30. The molecule has 0 heterocycles. The number of unbranched alkanes of at least 4 members (excludes halogenated alkanes) is 10. The molecule has 0 aromatic carbocycles. The molecular formula is C25H46O6. The second-order valence-electron chi connectivity index (χ2n) is 8.26. The van der Waals surface area contributed by atoms with E-state index in [1.165, 1.54) is 32.1 Å². The second-order valence-corrected chi connectivity index (χ2v) is 8.26. The molecule has 0 aromatic heterocycles. The van der Waals surface area contributed by atoms with Crippen LogP contribution in [0.15, 0.2) is 0 Å². The van der Waals surface area contributed by atoms with Crippen molar-refractivity contribution in [2.45, 2.75) is 130 Å². The number of hydrogen-bond donors (Lipinski definition) is 0. The van der Waals surface area contributed by atoms with E-state index in [1.807, 2.05) is 6.92 Å². The summed E-state index contributed by atoms with van der Waals surface area (Å²) in [6.45, 7) is 6.08. The highest BCUT2D eigenvalue weighted by molar-refractivity contribution is 5.71. The first-order valence-electron chi connectivity index (χ1n) is 12.5. The largest absolute Gasteiger partial charge is 0.462 e. The Morgan fingerprint density at radius 3 is 1.35 bits per heavy atom. The summed E-state index contributed by atoms with van der Waals surface area (Å²) in [5.41, 5.74) is 0. The molecule has 0 N–H and O–H groups in total. The van der Waals surface area contributed by atoms with Crippen LogP contribution in [0.2, 0.25) is 0 Å². The summed E-state index contributed by atoms with van der Waals surface area (Å²) >= 11 is 0. The summed E-state index contributed by atoms with van der Waals surface area (Å²) < 4.78 is 15.9. The normalized spacial score (nSPS) is 11.7. The van der Waals surface area contributed by atoms with Gasteiger partial charge in [-0.3, -0.25) is 14.4 Å². The molecule has 0 radical (unpaired) electrons. The van der Waals surface area contributed by atoms with Crippen molar-refractivity contribution in [3.8, 4) is 0 Å². The average molecular weight is 443 g/mol. The highest BCUT2D eigenvalue weighted by Gasteiger charge is 2.19. The summed E-state index contributed by atoms with van der Waals surface area (Å²) in [5, 5.41) is 0. The van der Waals surface area contributed by atoms with E-state index in [0.29, 0.717) is 19.3 Å². The van der Waals surface area contributed by atoms with Crippen molar-refractivity contribution < 1.29 is 28.6 Å². The van der Waals surface area contributed by atoms with Gasteiger partial charge in [-0.25, -0.2) is 0 Å². The first-order valence-corrected chi connectivity index (χ1v) is 12.5. The van der Waals surface area contributed by atoms with E-state index in [2.05, 4.69) is 13.8 Å². The van der Waals surface area contributed by atoms with Crippen molar-refractivity contribution in [1.29, 1.82) is 0 Å². The summed E-state index contributed by atoms with van der Waals surface area (Å²) in [7, 11) is 0. The molecule has 31 heavy (non-hydrogen) atoms. The van der Waals surface area contributed by atoms with Gasteiger partial charge in [-0.1, -0.05) is 85.0 Å². The lowest BCUT2D eigenvalue weighted by molar-refractivity contribution is -0.166. The van der Waals surface area contributed by atoms with Crippen LogP contribution >= 0.6 is 0 Å². The molecule has 6 heteroatoms. The van der Waals surface area contributed by atoms with Gasteiger partial charge in [0.05, 0.1) is 0 Å². The Balaban J connectivity index is 4.16. The maximum absolute atomic E-state index is 12.0. The Hall–Kier alpha value is -1.59. The molecule has 1 atom stereocenters. The van der Waals surface area contributed by atoms with Gasteiger partial charge in [-0.05, 0) is 19.3 Å². The van der Waals surface area contributed by atoms with Gasteiger partial charge in [0.25, 0.3) is 0 Å². The summed E-state index contributed by atoms with van der Waals surface area (Å²) in [5.74, 6) is -0.971. The molecule has 0 bridgehead atoms. The summed E-state index contributed by atoms with van der Waals surface area (Å²) in [4.78, 5) is 35.7. The monoisotopic (exact) mass is 442 g/mol. The van der Waals surface area contributed by atoms with Crippen LogP contribution in [-0.4, -0.2) is 37.2 Å². The summed E-state index contributed by atoms with van der Waals surface area (Å²) in [6.07, 6.45) is 14.1. The van der Waals surface area contributed by atoms with Crippen molar-refractivity contribution in [3.05, 3.63) is 0 Å². The Bertz CT molecular complexity index is 463. The zero-order valence-electron chi connectivity index (χ0n) is 20.3. The van der Waals surface area contributed by atoms with E-state index in [-0.39, 0.29) is 37.5 Å².